The maximum atomic E-state index is 11.9. The minimum absolute atomic E-state index is 0.102. The standard InChI is InChI=1S/C14H12Cl2N2O/c1-9-12(6-7-13(16)17-9)18-14(19)8-10-2-4-11(15)5-3-10/h2-7H,8H2,1H3,(H,18,19). The number of benzene rings is 1. The van der Waals surface area contributed by atoms with Gasteiger partial charge in [0.15, 0.2) is 0 Å². The number of amides is 1. The maximum absolute atomic E-state index is 11.9. The number of hydrogen-bond donors (Lipinski definition) is 1. The first-order valence-electron chi connectivity index (χ1n) is 5.72. The van der Waals surface area contributed by atoms with Crippen LogP contribution in [0.25, 0.3) is 0 Å². The molecule has 0 saturated carbocycles. The minimum Gasteiger partial charge on any atom is -0.324 e. The molecule has 3 nitrogen and oxygen atoms in total. The topological polar surface area (TPSA) is 42.0 Å². The van der Waals surface area contributed by atoms with E-state index in [-0.39, 0.29) is 5.91 Å². The van der Waals surface area contributed by atoms with E-state index in [0.29, 0.717) is 28.0 Å². The molecule has 5 heteroatoms. The number of nitrogens with zero attached hydrogens (tertiary/aromatic N) is 1. The molecule has 0 saturated heterocycles. The lowest BCUT2D eigenvalue weighted by atomic mass is 10.1. The zero-order valence-corrected chi connectivity index (χ0v) is 11.8. The molecule has 0 unspecified atom stereocenters. The predicted octanol–water partition coefficient (Wildman–Crippen LogP) is 3.88. The highest BCUT2D eigenvalue weighted by Gasteiger charge is 2.07. The van der Waals surface area contributed by atoms with Crippen molar-refractivity contribution in [3.05, 3.63) is 57.8 Å². The summed E-state index contributed by atoms with van der Waals surface area (Å²) < 4.78 is 0. The third-order valence-corrected chi connectivity index (χ3v) is 3.07. The van der Waals surface area contributed by atoms with Crippen LogP contribution in [0.4, 0.5) is 5.69 Å². The molecule has 98 valence electrons. The fourth-order valence-electron chi connectivity index (χ4n) is 1.64. The molecule has 0 spiro atoms. The molecule has 1 N–H and O–H groups in total. The molecule has 2 rings (SSSR count). The summed E-state index contributed by atoms with van der Waals surface area (Å²) in [6.45, 7) is 1.80. The molecular weight excluding hydrogens is 283 g/mol. The number of aryl methyl sites for hydroxylation is 1. The summed E-state index contributed by atoms with van der Waals surface area (Å²) in [6.07, 6.45) is 0.291. The summed E-state index contributed by atoms with van der Waals surface area (Å²) in [7, 11) is 0. The van der Waals surface area contributed by atoms with Crippen LogP contribution in [0.15, 0.2) is 36.4 Å². The summed E-state index contributed by atoms with van der Waals surface area (Å²) in [5.74, 6) is -0.102. The number of nitrogens with one attached hydrogen (secondary N) is 1. The van der Waals surface area contributed by atoms with Gasteiger partial charge >= 0.3 is 0 Å². The number of carbonyl (C=O) groups excluding carboxylic acids is 1. The van der Waals surface area contributed by atoms with E-state index in [0.717, 1.165) is 5.56 Å². The van der Waals surface area contributed by atoms with E-state index in [9.17, 15) is 4.79 Å². The number of rotatable bonds is 3. The Bertz CT molecular complexity index is 597. The third-order valence-electron chi connectivity index (χ3n) is 2.60. The van der Waals surface area contributed by atoms with Gasteiger partial charge in [0.1, 0.15) is 5.15 Å². The van der Waals surface area contributed by atoms with Crippen molar-refractivity contribution in [1.29, 1.82) is 0 Å². The van der Waals surface area contributed by atoms with Crippen molar-refractivity contribution in [3.8, 4) is 0 Å². The van der Waals surface area contributed by atoms with E-state index in [1.165, 1.54) is 0 Å². The number of pyridine rings is 1. The lowest BCUT2D eigenvalue weighted by Gasteiger charge is -2.08. The summed E-state index contributed by atoms with van der Waals surface area (Å²) >= 11 is 11.6. The molecule has 0 aliphatic heterocycles. The van der Waals surface area contributed by atoms with Crippen molar-refractivity contribution >= 4 is 34.8 Å². The van der Waals surface area contributed by atoms with E-state index < -0.39 is 0 Å². The van der Waals surface area contributed by atoms with E-state index in [1.807, 2.05) is 12.1 Å². The van der Waals surface area contributed by atoms with Gasteiger partial charge in [0.05, 0.1) is 17.8 Å². The van der Waals surface area contributed by atoms with Gasteiger partial charge in [-0.05, 0) is 36.8 Å². The molecule has 1 amide bonds. The predicted molar refractivity (Wildman–Crippen MR) is 77.8 cm³/mol. The molecule has 0 aliphatic carbocycles. The van der Waals surface area contributed by atoms with Crippen LogP contribution < -0.4 is 5.32 Å². The first-order chi connectivity index (χ1) is 9.04. The monoisotopic (exact) mass is 294 g/mol. The van der Waals surface area contributed by atoms with Gasteiger partial charge in [-0.3, -0.25) is 4.79 Å². The van der Waals surface area contributed by atoms with Crippen molar-refractivity contribution in [2.24, 2.45) is 0 Å². The molecule has 2 aromatic rings. The van der Waals surface area contributed by atoms with Crippen LogP contribution in [0.5, 0.6) is 0 Å². The van der Waals surface area contributed by atoms with Gasteiger partial charge in [-0.1, -0.05) is 35.3 Å². The molecule has 0 bridgehead atoms. The SMILES string of the molecule is Cc1nc(Cl)ccc1NC(=O)Cc1ccc(Cl)cc1. The van der Waals surface area contributed by atoms with Gasteiger partial charge in [0.25, 0.3) is 0 Å². The molecular formula is C14H12Cl2N2O. The quantitative estimate of drug-likeness (QED) is 0.873. The van der Waals surface area contributed by atoms with Crippen LogP contribution in [0.2, 0.25) is 10.2 Å². The summed E-state index contributed by atoms with van der Waals surface area (Å²) in [6, 6.07) is 10.6. The smallest absolute Gasteiger partial charge is 0.228 e. The Morgan fingerprint density at radius 2 is 1.84 bits per heavy atom. The maximum Gasteiger partial charge on any atom is 0.228 e. The summed E-state index contributed by atoms with van der Waals surface area (Å²) in [5.41, 5.74) is 2.27. The van der Waals surface area contributed by atoms with Crippen molar-refractivity contribution in [2.75, 3.05) is 5.32 Å². The summed E-state index contributed by atoms with van der Waals surface area (Å²) in [5, 5.41) is 3.87. The second-order valence-corrected chi connectivity index (χ2v) is 4.94. The normalized spacial score (nSPS) is 10.3. The van der Waals surface area contributed by atoms with Crippen LogP contribution in [0.3, 0.4) is 0 Å². The van der Waals surface area contributed by atoms with E-state index >= 15 is 0 Å². The second kappa shape index (κ2) is 6.04. The van der Waals surface area contributed by atoms with Crippen LogP contribution in [0, 0.1) is 6.92 Å². The zero-order chi connectivity index (χ0) is 13.8. The Morgan fingerprint density at radius 1 is 1.16 bits per heavy atom. The Labute approximate surface area is 121 Å². The van der Waals surface area contributed by atoms with Crippen molar-refractivity contribution in [2.45, 2.75) is 13.3 Å². The number of halogens is 2. The molecule has 19 heavy (non-hydrogen) atoms. The molecule has 0 radical (unpaired) electrons. The van der Waals surface area contributed by atoms with Crippen molar-refractivity contribution in [1.82, 2.24) is 4.98 Å². The van der Waals surface area contributed by atoms with E-state index in [1.54, 1.807) is 31.2 Å². The summed E-state index contributed by atoms with van der Waals surface area (Å²) in [4.78, 5) is 16.0. The van der Waals surface area contributed by atoms with Crippen LogP contribution in [-0.4, -0.2) is 10.9 Å². The fraction of sp³-hybridized carbons (Fsp3) is 0.143. The molecule has 0 fully saturated rings. The number of hydrogen-bond acceptors (Lipinski definition) is 2. The van der Waals surface area contributed by atoms with E-state index in [2.05, 4.69) is 10.3 Å². The highest BCUT2D eigenvalue weighted by Crippen LogP contribution is 2.16. The lowest BCUT2D eigenvalue weighted by Crippen LogP contribution is -2.15. The number of carbonyl (C=O) groups is 1. The highest BCUT2D eigenvalue weighted by molar-refractivity contribution is 6.30. The Kier molecular flexibility index (Phi) is 4.40. The molecule has 0 aliphatic rings. The minimum atomic E-state index is -0.102. The molecule has 0 atom stereocenters. The average Bonchev–Trinajstić information content (AvgIpc) is 2.36. The van der Waals surface area contributed by atoms with Crippen LogP contribution in [0.1, 0.15) is 11.3 Å². The van der Waals surface area contributed by atoms with Gasteiger partial charge in [-0.25, -0.2) is 4.98 Å². The third kappa shape index (κ3) is 3.94. The second-order valence-electron chi connectivity index (χ2n) is 4.12. The first-order valence-corrected chi connectivity index (χ1v) is 6.47. The highest BCUT2D eigenvalue weighted by atomic mass is 35.5. The Balaban J connectivity index is 2.03. The average molecular weight is 295 g/mol. The number of anilines is 1. The fourth-order valence-corrected chi connectivity index (χ4v) is 1.96. The van der Waals surface area contributed by atoms with Gasteiger partial charge in [-0.15, -0.1) is 0 Å². The zero-order valence-electron chi connectivity index (χ0n) is 10.3. The Morgan fingerprint density at radius 3 is 2.47 bits per heavy atom. The lowest BCUT2D eigenvalue weighted by molar-refractivity contribution is -0.115. The van der Waals surface area contributed by atoms with Gasteiger partial charge < -0.3 is 5.32 Å². The van der Waals surface area contributed by atoms with Gasteiger partial charge in [-0.2, -0.15) is 0 Å². The molecule has 1 aromatic carbocycles. The largest absolute Gasteiger partial charge is 0.324 e. The van der Waals surface area contributed by atoms with Gasteiger partial charge in [0, 0.05) is 5.02 Å². The molecule has 1 heterocycles. The first kappa shape index (κ1) is 13.8. The Hall–Kier alpha value is -1.58. The number of aromatic nitrogens is 1. The van der Waals surface area contributed by atoms with Crippen molar-refractivity contribution < 1.29 is 4.79 Å². The van der Waals surface area contributed by atoms with Crippen LogP contribution in [-0.2, 0) is 11.2 Å². The van der Waals surface area contributed by atoms with Gasteiger partial charge in [0.2, 0.25) is 5.91 Å². The van der Waals surface area contributed by atoms with E-state index in [4.69, 9.17) is 23.2 Å². The van der Waals surface area contributed by atoms with Crippen LogP contribution >= 0.6 is 23.2 Å². The molecule has 1 aromatic heterocycles. The van der Waals surface area contributed by atoms with Crippen molar-refractivity contribution in [3.63, 3.8) is 0 Å².